The average molecular weight is 433 g/mol. The smallest absolute Gasteiger partial charge is 0.200 e. The first-order chi connectivity index (χ1) is 14.2. The third-order valence-corrected chi connectivity index (χ3v) is 15.6. The molecule has 0 amide bonds. The molecule has 0 saturated heterocycles. The molecule has 0 radical (unpaired) electrons. The lowest BCUT2D eigenvalue weighted by Gasteiger charge is -2.50. The van der Waals surface area contributed by atoms with Gasteiger partial charge in [0, 0.05) is 6.07 Å². The molecule has 0 saturated carbocycles. The van der Waals surface area contributed by atoms with Crippen molar-refractivity contribution in [3.8, 4) is 11.3 Å². The first kappa shape index (κ1) is 23.7. The van der Waals surface area contributed by atoms with E-state index in [0.29, 0.717) is 0 Å². The van der Waals surface area contributed by atoms with Crippen molar-refractivity contribution in [3.05, 3.63) is 59.3 Å². The Labute approximate surface area is 191 Å². The zero-order chi connectivity index (χ0) is 23.4. The molecule has 0 spiro atoms. The van der Waals surface area contributed by atoms with Crippen molar-refractivity contribution in [1.82, 2.24) is 0 Å². The number of aromatic nitrogens is 1. The second-order valence-corrected chi connectivity index (χ2v) is 17.5. The monoisotopic (exact) mass is 432 g/mol. The molecule has 1 heterocycles. The summed E-state index contributed by atoms with van der Waals surface area (Å²) in [6.45, 7) is 24.0. The Morgan fingerprint density at radius 2 is 1.48 bits per heavy atom. The molecule has 0 aliphatic carbocycles. The van der Waals surface area contributed by atoms with Crippen molar-refractivity contribution < 1.29 is 4.57 Å². The second-order valence-electron chi connectivity index (χ2n) is 11.6. The maximum atomic E-state index is 2.58. The molecular weight excluding hydrogens is 390 g/mol. The van der Waals surface area contributed by atoms with Gasteiger partial charge in [-0.25, -0.2) is 4.57 Å². The van der Waals surface area contributed by atoms with E-state index in [1.807, 2.05) is 0 Å². The van der Waals surface area contributed by atoms with E-state index in [4.69, 9.17) is 0 Å². The molecule has 0 aliphatic heterocycles. The molecule has 0 atom stereocenters. The van der Waals surface area contributed by atoms with Crippen LogP contribution in [0.25, 0.3) is 22.0 Å². The minimum Gasteiger partial charge on any atom is -0.200 e. The summed E-state index contributed by atoms with van der Waals surface area (Å²) in [5.74, 6) is 0. The standard InChI is InChI=1S/C29H42NSi/c1-12-22-17-20(2)21(3)26(18-22)27-25-14-13-24(19-23(25)15-16-30(27)10)31(11,28(4,5)6)29(7,8)9/h13-19H,12H2,1-11H3/q+1. The number of aryl methyl sites for hydroxylation is 3. The summed E-state index contributed by atoms with van der Waals surface area (Å²) >= 11 is 0. The molecule has 0 fully saturated rings. The van der Waals surface area contributed by atoms with Crippen molar-refractivity contribution in [3.63, 3.8) is 0 Å². The molecule has 2 aromatic carbocycles. The number of fused-ring (bicyclic) bond motifs is 1. The van der Waals surface area contributed by atoms with Gasteiger partial charge in [-0.1, -0.05) is 78.4 Å². The van der Waals surface area contributed by atoms with Gasteiger partial charge in [0.15, 0.2) is 6.20 Å². The minimum absolute atomic E-state index is 0.282. The number of rotatable bonds is 3. The van der Waals surface area contributed by atoms with E-state index >= 15 is 0 Å². The van der Waals surface area contributed by atoms with Gasteiger partial charge >= 0.3 is 0 Å². The van der Waals surface area contributed by atoms with Gasteiger partial charge in [0.25, 0.3) is 0 Å². The maximum absolute atomic E-state index is 2.58. The zero-order valence-electron chi connectivity index (χ0n) is 21.7. The van der Waals surface area contributed by atoms with Gasteiger partial charge in [-0.3, -0.25) is 0 Å². The van der Waals surface area contributed by atoms with Crippen LogP contribution in [0, 0.1) is 13.8 Å². The van der Waals surface area contributed by atoms with E-state index in [0.717, 1.165) is 6.42 Å². The minimum atomic E-state index is -1.80. The number of hydrogen-bond donors (Lipinski definition) is 0. The van der Waals surface area contributed by atoms with Gasteiger partial charge < -0.3 is 0 Å². The summed E-state index contributed by atoms with van der Waals surface area (Å²) in [7, 11) is 0.382. The van der Waals surface area contributed by atoms with E-state index in [1.54, 1.807) is 5.19 Å². The van der Waals surface area contributed by atoms with Gasteiger partial charge in [-0.2, -0.15) is 0 Å². The van der Waals surface area contributed by atoms with Crippen LogP contribution in [0.5, 0.6) is 0 Å². The maximum Gasteiger partial charge on any atom is 0.220 e. The first-order valence-electron chi connectivity index (χ1n) is 11.8. The van der Waals surface area contributed by atoms with Crippen LogP contribution < -0.4 is 9.75 Å². The molecule has 0 unspecified atom stereocenters. The predicted molar refractivity (Wildman–Crippen MR) is 140 cm³/mol. The third kappa shape index (κ3) is 3.88. The topological polar surface area (TPSA) is 3.88 Å². The van der Waals surface area contributed by atoms with Crippen molar-refractivity contribution in [2.75, 3.05) is 0 Å². The van der Waals surface area contributed by atoms with Crippen LogP contribution in [0.1, 0.15) is 65.2 Å². The van der Waals surface area contributed by atoms with Gasteiger partial charge in [-0.15, -0.1) is 0 Å². The summed E-state index contributed by atoms with van der Waals surface area (Å²) in [5, 5.41) is 4.84. The normalized spacial score (nSPS) is 13.1. The summed E-state index contributed by atoms with van der Waals surface area (Å²) in [4.78, 5) is 0. The number of hydrogen-bond acceptors (Lipinski definition) is 0. The van der Waals surface area contributed by atoms with Gasteiger partial charge in [0.05, 0.1) is 19.0 Å². The Kier molecular flexibility index (Phi) is 6.03. The van der Waals surface area contributed by atoms with Crippen molar-refractivity contribution in [1.29, 1.82) is 0 Å². The van der Waals surface area contributed by atoms with E-state index in [9.17, 15) is 0 Å². The Bertz CT molecular complexity index is 1110. The molecule has 1 aromatic heterocycles. The summed E-state index contributed by atoms with van der Waals surface area (Å²) < 4.78 is 2.30. The van der Waals surface area contributed by atoms with Crippen molar-refractivity contribution in [2.45, 2.75) is 85.4 Å². The van der Waals surface area contributed by atoms with Crippen LogP contribution in [0.2, 0.25) is 16.6 Å². The van der Waals surface area contributed by atoms with Crippen LogP contribution in [-0.4, -0.2) is 8.07 Å². The fourth-order valence-electron chi connectivity index (χ4n) is 5.39. The van der Waals surface area contributed by atoms with Crippen LogP contribution >= 0.6 is 0 Å². The Hall–Kier alpha value is -1.93. The highest BCUT2D eigenvalue weighted by atomic mass is 28.3. The number of nitrogens with zero attached hydrogens (tertiary/aromatic N) is 1. The third-order valence-electron chi connectivity index (χ3n) is 8.10. The molecule has 31 heavy (non-hydrogen) atoms. The highest BCUT2D eigenvalue weighted by molar-refractivity contribution is 6.95. The lowest BCUT2D eigenvalue weighted by Crippen LogP contribution is -2.58. The first-order valence-corrected chi connectivity index (χ1v) is 14.3. The summed E-state index contributed by atoms with van der Waals surface area (Å²) in [6, 6.07) is 14.4. The highest BCUT2D eigenvalue weighted by Gasteiger charge is 2.50. The molecule has 0 bridgehead atoms. The molecule has 3 rings (SSSR count). The Morgan fingerprint density at radius 1 is 0.871 bits per heavy atom. The fourth-order valence-corrected chi connectivity index (χ4v) is 10.2. The van der Waals surface area contributed by atoms with E-state index < -0.39 is 8.07 Å². The quantitative estimate of drug-likeness (QED) is 0.300. The zero-order valence-corrected chi connectivity index (χ0v) is 22.7. The van der Waals surface area contributed by atoms with E-state index in [2.05, 4.69) is 123 Å². The van der Waals surface area contributed by atoms with Crippen LogP contribution in [0.4, 0.5) is 0 Å². The predicted octanol–water partition coefficient (Wildman–Crippen LogP) is 7.40. The Balaban J connectivity index is 2.33. The molecule has 0 aliphatic rings. The van der Waals surface area contributed by atoms with Crippen LogP contribution in [0.15, 0.2) is 42.6 Å². The second kappa shape index (κ2) is 7.88. The van der Waals surface area contributed by atoms with Gasteiger partial charge in [0.2, 0.25) is 5.69 Å². The molecule has 1 nitrogen and oxygen atoms in total. The SMILES string of the molecule is CCc1cc(C)c(C)c(-c2c3ccc([Si](C)(C(C)(C)C)C(C)(C)C)cc3cc[n+]2C)c1. The average Bonchev–Trinajstić information content (AvgIpc) is 2.67. The highest BCUT2D eigenvalue weighted by Crippen LogP contribution is 2.50. The molecule has 0 N–H and O–H groups in total. The fraction of sp³-hybridized carbons (Fsp3) is 0.483. The molecular formula is C29H42NSi+. The van der Waals surface area contributed by atoms with E-state index in [-0.39, 0.29) is 10.1 Å². The molecule has 3 aromatic rings. The van der Waals surface area contributed by atoms with E-state index in [1.165, 1.54) is 38.7 Å². The number of benzene rings is 2. The van der Waals surface area contributed by atoms with Crippen LogP contribution in [0.3, 0.4) is 0 Å². The van der Waals surface area contributed by atoms with Gasteiger partial charge in [-0.05, 0) is 64.6 Å². The van der Waals surface area contributed by atoms with Crippen molar-refractivity contribution in [2.24, 2.45) is 7.05 Å². The molecule has 2 heteroatoms. The lowest BCUT2D eigenvalue weighted by molar-refractivity contribution is -0.659. The van der Waals surface area contributed by atoms with Gasteiger partial charge in [0.1, 0.15) is 7.05 Å². The summed E-state index contributed by atoms with van der Waals surface area (Å²) in [5.41, 5.74) is 6.86. The Morgan fingerprint density at radius 3 is 2.03 bits per heavy atom. The lowest BCUT2D eigenvalue weighted by atomic mass is 9.93. The molecule has 166 valence electrons. The van der Waals surface area contributed by atoms with Crippen LogP contribution in [-0.2, 0) is 13.5 Å². The number of pyridine rings is 1. The summed E-state index contributed by atoms with van der Waals surface area (Å²) in [6.07, 6.45) is 3.30. The largest absolute Gasteiger partial charge is 0.220 e. The van der Waals surface area contributed by atoms with Crippen molar-refractivity contribution >= 4 is 24.0 Å².